The third-order valence-electron chi connectivity index (χ3n) is 5.38. The van der Waals surface area contributed by atoms with Gasteiger partial charge in [-0.2, -0.15) is 0 Å². The quantitative estimate of drug-likeness (QED) is 0.177. The monoisotopic (exact) mass is 611 g/mol. The van der Waals surface area contributed by atoms with Gasteiger partial charge in [0.1, 0.15) is 11.6 Å². The molecule has 12 nitrogen and oxygen atoms in total. The van der Waals surface area contributed by atoms with Crippen molar-refractivity contribution in [3.63, 3.8) is 0 Å². The highest BCUT2D eigenvalue weighted by molar-refractivity contribution is 6.30. The average Bonchev–Trinajstić information content (AvgIpc) is 2.94. The van der Waals surface area contributed by atoms with Crippen LogP contribution in [0, 0.1) is 0 Å². The number of nitrogens with one attached hydrogen (secondary N) is 2. The van der Waals surface area contributed by atoms with Gasteiger partial charge >= 0.3 is 5.97 Å². The van der Waals surface area contributed by atoms with E-state index in [0.29, 0.717) is 23.0 Å². The number of primary amides is 1. The van der Waals surface area contributed by atoms with Crippen molar-refractivity contribution in [1.29, 1.82) is 0 Å². The number of esters is 1. The Morgan fingerprint density at radius 2 is 1.24 bits per heavy atom. The molecule has 0 bridgehead atoms. The molecule has 220 valence electrons. The Balaban J connectivity index is 0.000000231. The number of carbonyl (C=O) groups excluding carboxylic acids is 2. The largest absolute Gasteiger partial charge is 0.461 e. The van der Waals surface area contributed by atoms with Gasteiger partial charge in [-0.15, -0.1) is 20.4 Å². The normalized spacial score (nSPS) is 10.3. The molecule has 42 heavy (non-hydrogen) atoms. The summed E-state index contributed by atoms with van der Waals surface area (Å²) in [6.07, 6.45) is 3.78. The molecule has 0 spiro atoms. The van der Waals surface area contributed by atoms with Gasteiger partial charge in [-0.3, -0.25) is 4.79 Å². The minimum absolute atomic E-state index is 0.0251. The predicted octanol–water partition coefficient (Wildman–Crippen LogP) is 5.72. The first-order chi connectivity index (χ1) is 20.2. The molecule has 4 aromatic heterocycles. The van der Waals surface area contributed by atoms with Gasteiger partial charge in [-0.25, -0.2) is 14.8 Å². The van der Waals surface area contributed by atoms with Crippen molar-refractivity contribution in [2.24, 2.45) is 5.73 Å². The van der Waals surface area contributed by atoms with Crippen molar-refractivity contribution in [2.45, 2.75) is 46.5 Å². The fourth-order valence-corrected chi connectivity index (χ4v) is 3.92. The molecule has 0 aliphatic heterocycles. The Morgan fingerprint density at radius 1 is 0.762 bits per heavy atom. The number of hydrogen-bond donors (Lipinski definition) is 3. The number of nitrogens with zero attached hydrogens (tertiary/aromatic N) is 6. The van der Waals surface area contributed by atoms with Gasteiger partial charge in [-0.05, 0) is 44.0 Å². The van der Waals surface area contributed by atoms with Crippen LogP contribution in [0.3, 0.4) is 0 Å². The Bertz CT molecular complexity index is 1520. The lowest BCUT2D eigenvalue weighted by Gasteiger charge is -2.10. The van der Waals surface area contributed by atoms with E-state index in [0.717, 1.165) is 37.1 Å². The van der Waals surface area contributed by atoms with Crippen LogP contribution in [0.4, 0.5) is 23.0 Å². The maximum absolute atomic E-state index is 11.9. The van der Waals surface area contributed by atoms with E-state index in [1.165, 1.54) is 12.1 Å². The highest BCUT2D eigenvalue weighted by atomic mass is 35.5. The van der Waals surface area contributed by atoms with Gasteiger partial charge in [0, 0.05) is 23.5 Å². The second-order valence-corrected chi connectivity index (χ2v) is 9.50. The van der Waals surface area contributed by atoms with E-state index in [1.54, 1.807) is 13.0 Å². The second-order valence-electron chi connectivity index (χ2n) is 8.72. The third-order valence-corrected chi connectivity index (χ3v) is 5.75. The van der Waals surface area contributed by atoms with Crippen LogP contribution in [0.1, 0.15) is 66.0 Å². The molecule has 4 N–H and O–H groups in total. The number of pyridine rings is 2. The zero-order chi connectivity index (χ0) is 30.5. The minimum atomic E-state index is -0.679. The summed E-state index contributed by atoms with van der Waals surface area (Å²) in [6.45, 7) is 6.16. The maximum atomic E-state index is 11.9. The van der Waals surface area contributed by atoms with Crippen LogP contribution in [-0.4, -0.2) is 48.8 Å². The zero-order valence-electron chi connectivity index (χ0n) is 23.4. The highest BCUT2D eigenvalue weighted by Gasteiger charge is 2.17. The highest BCUT2D eigenvalue weighted by Crippen LogP contribution is 2.22. The number of amides is 1. The number of aromatic nitrogens is 6. The van der Waals surface area contributed by atoms with Crippen LogP contribution in [0.2, 0.25) is 10.3 Å². The van der Waals surface area contributed by atoms with E-state index in [-0.39, 0.29) is 28.3 Å². The molecule has 0 aliphatic carbocycles. The number of aryl methyl sites for hydroxylation is 2. The lowest BCUT2D eigenvalue weighted by molar-refractivity contribution is 0.0519. The van der Waals surface area contributed by atoms with Gasteiger partial charge in [0.15, 0.2) is 21.7 Å². The molecule has 0 fully saturated rings. The molecule has 14 heteroatoms. The SMILES string of the molecule is CCCc1cccc(Nc2cc(Cl)nnc2C(=O)OCC)n1.CCCc1cccc(Nc2cc(Cl)nnc2C(N)=O)n1. The topological polar surface area (TPSA) is 171 Å². The smallest absolute Gasteiger partial charge is 0.361 e. The van der Waals surface area contributed by atoms with Crippen molar-refractivity contribution >= 4 is 58.1 Å². The summed E-state index contributed by atoms with van der Waals surface area (Å²) in [5.74, 6) is -0.0247. The van der Waals surface area contributed by atoms with Crippen molar-refractivity contribution in [3.8, 4) is 0 Å². The summed E-state index contributed by atoms with van der Waals surface area (Å²) in [4.78, 5) is 32.1. The number of rotatable bonds is 11. The molecule has 4 aromatic rings. The lowest BCUT2D eigenvalue weighted by atomic mass is 10.2. The molecular formula is C28H31Cl2N9O3. The van der Waals surface area contributed by atoms with Crippen LogP contribution in [0.25, 0.3) is 0 Å². The molecule has 0 saturated heterocycles. The van der Waals surface area contributed by atoms with E-state index in [4.69, 9.17) is 33.7 Å². The van der Waals surface area contributed by atoms with Crippen molar-refractivity contribution < 1.29 is 14.3 Å². The zero-order valence-corrected chi connectivity index (χ0v) is 24.9. The molecule has 0 atom stereocenters. The molecule has 0 aliphatic rings. The van der Waals surface area contributed by atoms with Crippen LogP contribution >= 0.6 is 23.2 Å². The number of carbonyl (C=O) groups is 2. The van der Waals surface area contributed by atoms with Crippen LogP contribution in [-0.2, 0) is 17.6 Å². The van der Waals surface area contributed by atoms with E-state index in [9.17, 15) is 9.59 Å². The molecule has 0 saturated carbocycles. The first kappa shape index (κ1) is 32.1. The number of nitrogens with two attached hydrogens (primary N) is 1. The summed E-state index contributed by atoms with van der Waals surface area (Å²) in [7, 11) is 0. The molecule has 1 amide bonds. The minimum Gasteiger partial charge on any atom is -0.461 e. The van der Waals surface area contributed by atoms with Crippen LogP contribution in [0.15, 0.2) is 48.5 Å². The van der Waals surface area contributed by atoms with E-state index >= 15 is 0 Å². The molecule has 0 aromatic carbocycles. The fraction of sp³-hybridized carbons (Fsp3) is 0.286. The maximum Gasteiger partial charge on any atom is 0.361 e. The van der Waals surface area contributed by atoms with Crippen LogP contribution < -0.4 is 16.4 Å². The Morgan fingerprint density at radius 3 is 1.69 bits per heavy atom. The molecule has 0 radical (unpaired) electrons. The third kappa shape index (κ3) is 9.60. The van der Waals surface area contributed by atoms with E-state index in [1.807, 2.05) is 30.3 Å². The van der Waals surface area contributed by atoms with Gasteiger partial charge in [0.05, 0.1) is 18.0 Å². The summed E-state index contributed by atoms with van der Waals surface area (Å²) in [6, 6.07) is 14.3. The average molecular weight is 613 g/mol. The first-order valence-corrected chi connectivity index (χ1v) is 14.0. The lowest BCUT2D eigenvalue weighted by Crippen LogP contribution is -2.16. The van der Waals surface area contributed by atoms with Gasteiger partial charge in [-0.1, -0.05) is 62.0 Å². The van der Waals surface area contributed by atoms with Gasteiger partial charge in [0.25, 0.3) is 5.91 Å². The van der Waals surface area contributed by atoms with Gasteiger partial charge in [0.2, 0.25) is 0 Å². The van der Waals surface area contributed by atoms with E-state index < -0.39 is 11.9 Å². The number of halogens is 2. The summed E-state index contributed by atoms with van der Waals surface area (Å²) < 4.78 is 4.96. The molecule has 4 heterocycles. The Hall–Kier alpha value is -4.42. The fourth-order valence-electron chi connectivity index (χ4n) is 3.62. The number of hydrogen-bond acceptors (Lipinski definition) is 11. The van der Waals surface area contributed by atoms with Gasteiger partial charge < -0.3 is 21.1 Å². The van der Waals surface area contributed by atoms with Crippen LogP contribution in [0.5, 0.6) is 0 Å². The van der Waals surface area contributed by atoms with Crippen molar-refractivity contribution in [2.75, 3.05) is 17.2 Å². The molecular weight excluding hydrogens is 581 g/mol. The first-order valence-electron chi connectivity index (χ1n) is 13.2. The van der Waals surface area contributed by atoms with Crippen molar-refractivity contribution in [1.82, 2.24) is 30.4 Å². The summed E-state index contributed by atoms with van der Waals surface area (Å²) >= 11 is 11.6. The Kier molecular flexibility index (Phi) is 12.3. The standard InChI is InChI=1S/C15H17ClN4O2.C13H14ClN5O/c1-3-6-10-7-5-8-13(17-10)18-11-9-12(16)19-20-14(11)15(21)22-4-2;1-2-4-8-5-3-6-11(16-8)17-9-7-10(14)18-19-12(9)13(15)20/h5,7-9H,3-4,6H2,1-2H3,(H,17,18,19);3,5-7H,2,4H2,1H3,(H2,15,20)(H,16,17,18). The molecule has 0 unspecified atom stereocenters. The molecule has 4 rings (SSSR count). The second kappa shape index (κ2) is 16.1. The number of anilines is 4. The summed E-state index contributed by atoms with van der Waals surface area (Å²) in [5.41, 5.74) is 8.09. The predicted molar refractivity (Wildman–Crippen MR) is 162 cm³/mol. The Labute approximate surface area is 253 Å². The van der Waals surface area contributed by atoms with Crippen molar-refractivity contribution in [3.05, 3.63) is 81.6 Å². The number of ether oxygens (including phenoxy) is 1. The summed E-state index contributed by atoms with van der Waals surface area (Å²) in [5, 5.41) is 21.2. The van der Waals surface area contributed by atoms with E-state index in [2.05, 4.69) is 54.8 Å².